The van der Waals surface area contributed by atoms with Crippen LogP contribution in [0, 0.1) is 5.92 Å². The molecule has 5 atom stereocenters. The zero-order chi connectivity index (χ0) is 10.3. The van der Waals surface area contributed by atoms with Gasteiger partial charge in [-0.05, 0) is 25.2 Å². The second kappa shape index (κ2) is 3.87. The summed E-state index contributed by atoms with van der Waals surface area (Å²) in [4.78, 5) is 10.8. The molecule has 1 heterocycles. The van der Waals surface area contributed by atoms with E-state index in [-0.39, 0.29) is 22.7 Å². The number of rotatable bonds is 1. The molecule has 0 aromatic rings. The Balaban J connectivity index is 2.10. The molecule has 0 aromatic heterocycles. The van der Waals surface area contributed by atoms with Crippen molar-refractivity contribution in [3.63, 3.8) is 0 Å². The van der Waals surface area contributed by atoms with E-state index in [1.165, 1.54) is 0 Å². The molecular weight excluding hydrogens is 225 g/mol. The standard InChI is InChI=1S/C9H13Cl2NO2/c10-5-1-2-6(11)8-4(5)3-7(12-8)9(13)14/h4-8,12H,1-3H2,(H,13,14). The van der Waals surface area contributed by atoms with Gasteiger partial charge in [0.2, 0.25) is 0 Å². The Labute approximate surface area is 92.8 Å². The SMILES string of the molecule is O=C(O)C1CC2C(Cl)CCC(Cl)C2N1. The van der Waals surface area contributed by atoms with E-state index in [4.69, 9.17) is 28.3 Å². The Morgan fingerprint density at radius 2 is 1.93 bits per heavy atom. The van der Waals surface area contributed by atoms with Gasteiger partial charge in [-0.25, -0.2) is 0 Å². The van der Waals surface area contributed by atoms with Crippen molar-refractivity contribution in [2.75, 3.05) is 0 Å². The number of carboxylic acids is 1. The van der Waals surface area contributed by atoms with E-state index in [9.17, 15) is 4.79 Å². The van der Waals surface area contributed by atoms with Crippen LogP contribution in [-0.4, -0.2) is 33.9 Å². The van der Waals surface area contributed by atoms with Gasteiger partial charge in [-0.3, -0.25) is 10.1 Å². The molecule has 2 rings (SSSR count). The molecule has 1 saturated carbocycles. The normalized spacial score (nSPS) is 47.4. The Kier molecular flexibility index (Phi) is 2.91. The largest absolute Gasteiger partial charge is 0.480 e. The van der Waals surface area contributed by atoms with E-state index >= 15 is 0 Å². The summed E-state index contributed by atoms with van der Waals surface area (Å²) in [6.45, 7) is 0. The maximum atomic E-state index is 10.8. The minimum atomic E-state index is -0.799. The molecule has 2 N–H and O–H groups in total. The van der Waals surface area contributed by atoms with Gasteiger partial charge in [-0.1, -0.05) is 0 Å². The van der Waals surface area contributed by atoms with Crippen LogP contribution >= 0.6 is 23.2 Å². The molecule has 5 unspecified atom stereocenters. The zero-order valence-corrected chi connectivity index (χ0v) is 9.13. The molecule has 80 valence electrons. The number of nitrogens with one attached hydrogen (secondary N) is 1. The number of aliphatic carboxylic acids is 1. The summed E-state index contributed by atoms with van der Waals surface area (Å²) >= 11 is 12.3. The number of hydrogen-bond donors (Lipinski definition) is 2. The van der Waals surface area contributed by atoms with Gasteiger partial charge in [-0.2, -0.15) is 0 Å². The van der Waals surface area contributed by atoms with Crippen LogP contribution < -0.4 is 5.32 Å². The highest BCUT2D eigenvalue weighted by molar-refractivity contribution is 6.23. The van der Waals surface area contributed by atoms with Crippen LogP contribution in [0.1, 0.15) is 19.3 Å². The maximum Gasteiger partial charge on any atom is 0.320 e. The van der Waals surface area contributed by atoms with Crippen LogP contribution in [0.25, 0.3) is 0 Å². The molecule has 14 heavy (non-hydrogen) atoms. The van der Waals surface area contributed by atoms with E-state index in [2.05, 4.69) is 5.32 Å². The first kappa shape index (κ1) is 10.5. The summed E-state index contributed by atoms with van der Waals surface area (Å²) < 4.78 is 0. The molecule has 3 nitrogen and oxygen atoms in total. The number of carboxylic acid groups (broad SMARTS) is 1. The highest BCUT2D eigenvalue weighted by atomic mass is 35.5. The topological polar surface area (TPSA) is 49.3 Å². The third-order valence-corrected chi connectivity index (χ3v) is 4.26. The first-order valence-corrected chi connectivity index (χ1v) is 5.74. The number of carbonyl (C=O) groups is 1. The van der Waals surface area contributed by atoms with Crippen molar-refractivity contribution in [1.29, 1.82) is 0 Å². The fourth-order valence-electron chi connectivity index (χ4n) is 2.47. The van der Waals surface area contributed by atoms with Gasteiger partial charge in [0.1, 0.15) is 6.04 Å². The molecule has 0 spiro atoms. The summed E-state index contributed by atoms with van der Waals surface area (Å²) in [5.41, 5.74) is 0. The Morgan fingerprint density at radius 1 is 1.29 bits per heavy atom. The van der Waals surface area contributed by atoms with Crippen LogP contribution in [0.5, 0.6) is 0 Å². The fraction of sp³-hybridized carbons (Fsp3) is 0.889. The van der Waals surface area contributed by atoms with Gasteiger partial charge in [0.25, 0.3) is 0 Å². The zero-order valence-electron chi connectivity index (χ0n) is 7.62. The van der Waals surface area contributed by atoms with Crippen LogP contribution in [0.2, 0.25) is 0 Å². The Hall–Kier alpha value is 0.01000. The molecule has 2 fully saturated rings. The van der Waals surface area contributed by atoms with Gasteiger partial charge in [-0.15, -0.1) is 23.2 Å². The molecule has 1 aliphatic carbocycles. The lowest BCUT2D eigenvalue weighted by atomic mass is 9.84. The molecule has 0 radical (unpaired) electrons. The van der Waals surface area contributed by atoms with Gasteiger partial charge < -0.3 is 5.11 Å². The van der Waals surface area contributed by atoms with E-state index in [0.717, 1.165) is 12.8 Å². The second-order valence-electron chi connectivity index (χ2n) is 4.09. The maximum absolute atomic E-state index is 10.8. The average molecular weight is 238 g/mol. The van der Waals surface area contributed by atoms with E-state index in [1.54, 1.807) is 0 Å². The Bertz CT molecular complexity index is 231. The summed E-state index contributed by atoms with van der Waals surface area (Å²) in [7, 11) is 0. The molecule has 1 aliphatic heterocycles. The number of alkyl halides is 2. The van der Waals surface area contributed by atoms with Gasteiger partial charge in [0, 0.05) is 16.8 Å². The number of halogens is 2. The third-order valence-electron chi connectivity index (χ3n) is 3.23. The van der Waals surface area contributed by atoms with Crippen molar-refractivity contribution >= 4 is 29.2 Å². The highest BCUT2D eigenvalue weighted by Crippen LogP contribution is 2.38. The first-order valence-electron chi connectivity index (χ1n) is 4.86. The first-order chi connectivity index (χ1) is 6.59. The number of fused-ring (bicyclic) bond motifs is 1. The fourth-order valence-corrected chi connectivity index (χ4v) is 3.24. The van der Waals surface area contributed by atoms with Crippen LogP contribution in [0.15, 0.2) is 0 Å². The minimum Gasteiger partial charge on any atom is -0.480 e. The van der Waals surface area contributed by atoms with Crippen molar-refractivity contribution in [1.82, 2.24) is 5.32 Å². The molecule has 0 amide bonds. The predicted octanol–water partition coefficient (Wildman–Crippen LogP) is 1.43. The molecule has 0 aromatic carbocycles. The minimum absolute atomic E-state index is 0.0272. The lowest BCUT2D eigenvalue weighted by Gasteiger charge is -2.33. The van der Waals surface area contributed by atoms with Crippen LogP contribution in [0.4, 0.5) is 0 Å². The van der Waals surface area contributed by atoms with Crippen molar-refractivity contribution in [2.24, 2.45) is 5.92 Å². The lowest BCUT2D eigenvalue weighted by Crippen LogP contribution is -2.45. The molecule has 2 aliphatic rings. The van der Waals surface area contributed by atoms with E-state index in [1.807, 2.05) is 0 Å². The number of hydrogen-bond acceptors (Lipinski definition) is 2. The van der Waals surface area contributed by atoms with Crippen molar-refractivity contribution in [2.45, 2.75) is 42.1 Å². The second-order valence-corrected chi connectivity index (χ2v) is 5.21. The van der Waals surface area contributed by atoms with Crippen molar-refractivity contribution in [3.05, 3.63) is 0 Å². The van der Waals surface area contributed by atoms with Crippen LogP contribution in [-0.2, 0) is 4.79 Å². The molecule has 1 saturated heterocycles. The quantitative estimate of drug-likeness (QED) is 0.679. The predicted molar refractivity (Wildman–Crippen MR) is 55.0 cm³/mol. The van der Waals surface area contributed by atoms with Crippen molar-refractivity contribution < 1.29 is 9.90 Å². The summed E-state index contributed by atoms with van der Waals surface area (Å²) in [5, 5.41) is 12.0. The highest BCUT2D eigenvalue weighted by Gasteiger charge is 2.46. The van der Waals surface area contributed by atoms with E-state index in [0.29, 0.717) is 6.42 Å². The lowest BCUT2D eigenvalue weighted by molar-refractivity contribution is -0.139. The monoisotopic (exact) mass is 237 g/mol. The Morgan fingerprint density at radius 3 is 2.50 bits per heavy atom. The summed E-state index contributed by atoms with van der Waals surface area (Å²) in [5.74, 6) is -0.582. The van der Waals surface area contributed by atoms with E-state index < -0.39 is 12.0 Å². The average Bonchev–Trinajstić information content (AvgIpc) is 2.57. The smallest absolute Gasteiger partial charge is 0.320 e. The van der Waals surface area contributed by atoms with Crippen molar-refractivity contribution in [3.8, 4) is 0 Å². The molecular formula is C9H13Cl2NO2. The summed E-state index contributed by atoms with van der Waals surface area (Å²) in [6, 6.07) is -0.389. The summed E-state index contributed by atoms with van der Waals surface area (Å²) in [6.07, 6.45) is 2.37. The van der Waals surface area contributed by atoms with Gasteiger partial charge in [0.05, 0.1) is 0 Å². The van der Waals surface area contributed by atoms with Gasteiger partial charge in [0.15, 0.2) is 0 Å². The van der Waals surface area contributed by atoms with Crippen LogP contribution in [0.3, 0.4) is 0 Å². The molecule has 0 bridgehead atoms. The van der Waals surface area contributed by atoms with Gasteiger partial charge >= 0.3 is 5.97 Å². The third kappa shape index (κ3) is 1.73. The molecule has 5 heteroatoms.